The Morgan fingerprint density at radius 3 is 2.25 bits per heavy atom. The molecule has 0 saturated carbocycles. The molecule has 0 spiro atoms. The van der Waals surface area contributed by atoms with Gasteiger partial charge in [-0.1, -0.05) is 13.3 Å². The maximum absolute atomic E-state index is 10.3. The van der Waals surface area contributed by atoms with E-state index in [9.17, 15) is 4.79 Å². The highest BCUT2D eigenvalue weighted by Crippen LogP contribution is 2.08. The average molecular weight is 196 g/mol. The molecule has 2 atom stereocenters. The number of aliphatic carboxylic acids is 1. The lowest BCUT2D eigenvalue weighted by Gasteiger charge is -2.06. The topological polar surface area (TPSA) is 63.3 Å². The minimum absolute atomic E-state index is 0. The fraction of sp³-hybridized carbons (Fsp3) is 0.875. The zero-order valence-electron chi connectivity index (χ0n) is 7.62. The van der Waals surface area contributed by atoms with Crippen LogP contribution in [0.3, 0.4) is 0 Å². The van der Waals surface area contributed by atoms with Gasteiger partial charge >= 0.3 is 5.97 Å². The first-order valence-corrected chi connectivity index (χ1v) is 4.02. The molecule has 0 heterocycles. The number of halogens is 1. The normalized spacial score (nSPS) is 14.6. The van der Waals surface area contributed by atoms with Crippen LogP contribution in [0.4, 0.5) is 0 Å². The van der Waals surface area contributed by atoms with Crippen LogP contribution in [0.15, 0.2) is 0 Å². The summed E-state index contributed by atoms with van der Waals surface area (Å²) in [6.45, 7) is 3.66. The number of hydrogen-bond acceptors (Lipinski definition) is 2. The van der Waals surface area contributed by atoms with E-state index in [4.69, 9.17) is 10.8 Å². The summed E-state index contributed by atoms with van der Waals surface area (Å²) >= 11 is 0. The molecular weight excluding hydrogens is 178 g/mol. The molecule has 0 aromatic carbocycles. The Hall–Kier alpha value is -0.280. The fourth-order valence-electron chi connectivity index (χ4n) is 0.869. The van der Waals surface area contributed by atoms with Crippen molar-refractivity contribution >= 4 is 18.4 Å². The number of rotatable bonds is 5. The molecule has 0 aromatic heterocycles. The van der Waals surface area contributed by atoms with Crippen molar-refractivity contribution in [3.8, 4) is 0 Å². The Kier molecular flexibility index (Phi) is 8.76. The maximum atomic E-state index is 10.3. The SMILES string of the molecule is CC(N)CCCC(C)C(=O)O.Cl. The first-order valence-electron chi connectivity index (χ1n) is 4.02. The lowest BCUT2D eigenvalue weighted by Crippen LogP contribution is -2.16. The summed E-state index contributed by atoms with van der Waals surface area (Å²) in [6.07, 6.45) is 2.56. The summed E-state index contributed by atoms with van der Waals surface area (Å²) < 4.78 is 0. The van der Waals surface area contributed by atoms with Crippen molar-refractivity contribution in [2.75, 3.05) is 0 Å². The Labute approximate surface area is 79.7 Å². The number of hydrogen-bond donors (Lipinski definition) is 2. The highest BCUT2D eigenvalue weighted by atomic mass is 35.5. The summed E-state index contributed by atoms with van der Waals surface area (Å²) in [6, 6.07) is 0.191. The van der Waals surface area contributed by atoms with E-state index in [1.807, 2.05) is 6.92 Å². The third-order valence-corrected chi connectivity index (χ3v) is 1.72. The van der Waals surface area contributed by atoms with Crippen LogP contribution in [-0.4, -0.2) is 17.1 Å². The van der Waals surface area contributed by atoms with Crippen molar-refractivity contribution < 1.29 is 9.90 Å². The predicted octanol–water partition coefficient (Wildman–Crippen LogP) is 1.65. The summed E-state index contributed by atoms with van der Waals surface area (Å²) in [5.41, 5.74) is 5.51. The van der Waals surface area contributed by atoms with Gasteiger partial charge in [-0.15, -0.1) is 12.4 Å². The van der Waals surface area contributed by atoms with Gasteiger partial charge in [-0.3, -0.25) is 4.79 Å². The highest BCUT2D eigenvalue weighted by Gasteiger charge is 2.09. The van der Waals surface area contributed by atoms with Crippen molar-refractivity contribution in [1.29, 1.82) is 0 Å². The van der Waals surface area contributed by atoms with Gasteiger partial charge in [0.1, 0.15) is 0 Å². The van der Waals surface area contributed by atoms with Gasteiger partial charge in [-0.05, 0) is 19.8 Å². The van der Waals surface area contributed by atoms with Crippen molar-refractivity contribution in [2.24, 2.45) is 11.7 Å². The van der Waals surface area contributed by atoms with Crippen molar-refractivity contribution in [3.63, 3.8) is 0 Å². The van der Waals surface area contributed by atoms with Gasteiger partial charge in [0.25, 0.3) is 0 Å². The Bertz CT molecular complexity index is 128. The van der Waals surface area contributed by atoms with Crippen LogP contribution in [0.2, 0.25) is 0 Å². The summed E-state index contributed by atoms with van der Waals surface area (Å²) in [5, 5.41) is 8.52. The molecule has 74 valence electrons. The molecular formula is C8H18ClNO2. The largest absolute Gasteiger partial charge is 0.481 e. The van der Waals surface area contributed by atoms with Crippen LogP contribution < -0.4 is 5.73 Å². The Balaban J connectivity index is 0. The molecule has 0 aliphatic carbocycles. The minimum Gasteiger partial charge on any atom is -0.481 e. The van der Waals surface area contributed by atoms with Crippen LogP contribution in [0.5, 0.6) is 0 Å². The van der Waals surface area contributed by atoms with Gasteiger partial charge in [0.15, 0.2) is 0 Å². The Morgan fingerprint density at radius 1 is 1.42 bits per heavy atom. The molecule has 0 amide bonds. The molecule has 2 unspecified atom stereocenters. The van der Waals surface area contributed by atoms with Gasteiger partial charge in [0, 0.05) is 6.04 Å². The summed E-state index contributed by atoms with van der Waals surface area (Å²) in [4.78, 5) is 10.3. The molecule has 0 fully saturated rings. The fourth-order valence-corrected chi connectivity index (χ4v) is 0.869. The van der Waals surface area contributed by atoms with Crippen LogP contribution in [0, 0.1) is 5.92 Å². The second-order valence-corrected chi connectivity index (χ2v) is 3.15. The molecule has 0 aliphatic heterocycles. The molecule has 4 heteroatoms. The molecule has 0 aliphatic rings. The van der Waals surface area contributed by atoms with E-state index in [2.05, 4.69) is 0 Å². The summed E-state index contributed by atoms with van der Waals surface area (Å²) in [5.74, 6) is -0.941. The molecule has 3 nitrogen and oxygen atoms in total. The van der Waals surface area contributed by atoms with Gasteiger partial charge in [-0.25, -0.2) is 0 Å². The third kappa shape index (κ3) is 7.82. The predicted molar refractivity (Wildman–Crippen MR) is 51.5 cm³/mol. The second-order valence-electron chi connectivity index (χ2n) is 3.15. The van der Waals surface area contributed by atoms with Gasteiger partial charge in [0.2, 0.25) is 0 Å². The average Bonchev–Trinajstić information content (AvgIpc) is 1.86. The van der Waals surface area contributed by atoms with Crippen LogP contribution in [0.25, 0.3) is 0 Å². The zero-order chi connectivity index (χ0) is 8.85. The van der Waals surface area contributed by atoms with Crippen molar-refractivity contribution in [1.82, 2.24) is 0 Å². The highest BCUT2D eigenvalue weighted by molar-refractivity contribution is 5.85. The molecule has 12 heavy (non-hydrogen) atoms. The van der Waals surface area contributed by atoms with E-state index in [0.717, 1.165) is 19.3 Å². The number of carbonyl (C=O) groups is 1. The van der Waals surface area contributed by atoms with E-state index in [0.29, 0.717) is 0 Å². The second kappa shape index (κ2) is 7.37. The minimum atomic E-state index is -0.713. The molecule has 0 bridgehead atoms. The molecule has 0 rings (SSSR count). The van der Waals surface area contributed by atoms with Crippen LogP contribution in [-0.2, 0) is 4.79 Å². The zero-order valence-corrected chi connectivity index (χ0v) is 8.43. The molecule has 0 radical (unpaired) electrons. The molecule has 3 N–H and O–H groups in total. The monoisotopic (exact) mass is 195 g/mol. The lowest BCUT2D eigenvalue weighted by atomic mass is 10.0. The number of carboxylic acid groups (broad SMARTS) is 1. The first kappa shape index (κ1) is 14.3. The van der Waals surface area contributed by atoms with Crippen molar-refractivity contribution in [2.45, 2.75) is 39.2 Å². The van der Waals surface area contributed by atoms with E-state index in [1.165, 1.54) is 0 Å². The van der Waals surface area contributed by atoms with Gasteiger partial charge < -0.3 is 10.8 Å². The smallest absolute Gasteiger partial charge is 0.306 e. The molecule has 0 aromatic rings. The van der Waals surface area contributed by atoms with Gasteiger partial charge in [0.05, 0.1) is 5.92 Å². The van der Waals surface area contributed by atoms with E-state index >= 15 is 0 Å². The van der Waals surface area contributed by atoms with Crippen LogP contribution >= 0.6 is 12.4 Å². The lowest BCUT2D eigenvalue weighted by molar-refractivity contribution is -0.141. The maximum Gasteiger partial charge on any atom is 0.306 e. The summed E-state index contributed by atoms with van der Waals surface area (Å²) in [7, 11) is 0. The van der Waals surface area contributed by atoms with E-state index < -0.39 is 5.97 Å². The van der Waals surface area contributed by atoms with Gasteiger partial charge in [-0.2, -0.15) is 0 Å². The van der Waals surface area contributed by atoms with E-state index in [1.54, 1.807) is 6.92 Å². The quantitative estimate of drug-likeness (QED) is 0.701. The third-order valence-electron chi connectivity index (χ3n) is 1.72. The standard InChI is InChI=1S/C8H17NO2.ClH/c1-6(8(10)11)4-3-5-7(2)9;/h6-7H,3-5,9H2,1-2H3,(H,10,11);1H. The number of nitrogens with two attached hydrogens (primary N) is 1. The van der Waals surface area contributed by atoms with Crippen LogP contribution in [0.1, 0.15) is 33.1 Å². The van der Waals surface area contributed by atoms with Crippen molar-refractivity contribution in [3.05, 3.63) is 0 Å². The Morgan fingerprint density at radius 2 is 1.92 bits per heavy atom. The van der Waals surface area contributed by atoms with E-state index in [-0.39, 0.29) is 24.4 Å². The first-order chi connectivity index (χ1) is 5.04. The molecule has 0 saturated heterocycles. The number of carboxylic acids is 1.